The van der Waals surface area contributed by atoms with E-state index in [1.54, 1.807) is 0 Å². The van der Waals surface area contributed by atoms with Crippen LogP contribution in [0.5, 0.6) is 0 Å². The summed E-state index contributed by atoms with van der Waals surface area (Å²) in [5, 5.41) is 49.0. The number of hydrogen-bond donors (Lipinski definition) is 8. The van der Waals surface area contributed by atoms with Crippen molar-refractivity contribution in [2.24, 2.45) is 30.7 Å². The van der Waals surface area contributed by atoms with Crippen LogP contribution in [0.2, 0.25) is 0 Å². The normalized spacial score (nSPS) is 15.9. The Bertz CT molecular complexity index is 4200. The van der Waals surface area contributed by atoms with Gasteiger partial charge in [-0.2, -0.15) is 74.3 Å². The molecule has 0 aromatic heterocycles. The Labute approximate surface area is 503 Å². The van der Waals surface area contributed by atoms with Crippen LogP contribution in [0.4, 0.5) is 38.9 Å². The molecule has 0 saturated carbocycles. The average Bonchev–Trinajstić information content (AvgIpc) is 3.57. The fraction of sp³-hybridized carbons (Fsp3) is 0.0784. The standard InChI is InChI=1S/C51H40N10O19S4.Na/c1-27-45(56-54-39-9-5-3-7-37(39)49(64)65)47(62)60(58-27)35-21-17-31(43(25-35)83(75,76)77)13-11-29-15-19-33(23-41(29)81(69,70)71)52-51(68)53-34-20-16-30(42(24-34)82(72,73)74)12-14-32-18-22-36(26-44(32)84(78,79)80)61-48(63)46(28(2)59-61)57-55-40-10-6-4-8-38(40)50(66)67;/h3-26,45-46H,1-2H3,(H,64,65)(H,66,67)(H2,52,53,68)(H,69,70,71)(H,72,73,74)(H,75,76,77)(H,78,79,80);/q;+1/b13-11+,14-12+,56-54?,57-55?;. The molecule has 2 atom stereocenters. The van der Waals surface area contributed by atoms with Gasteiger partial charge in [0.05, 0.1) is 45.3 Å². The Kier molecular flexibility index (Phi) is 18.8. The van der Waals surface area contributed by atoms with Crippen LogP contribution >= 0.6 is 0 Å². The summed E-state index contributed by atoms with van der Waals surface area (Å²) in [6.45, 7) is 2.83. The predicted octanol–water partition coefficient (Wildman–Crippen LogP) is 4.81. The minimum Gasteiger partial charge on any atom is -0.478 e. The maximum absolute atomic E-state index is 13.4. The Morgan fingerprint density at radius 1 is 0.482 bits per heavy atom. The van der Waals surface area contributed by atoms with Gasteiger partial charge in [0, 0.05) is 11.4 Å². The molecule has 2 aliphatic heterocycles. The van der Waals surface area contributed by atoms with Crippen molar-refractivity contribution < 1.29 is 116 Å². The molecule has 0 fully saturated rings. The van der Waals surface area contributed by atoms with E-state index < -0.39 is 102 Å². The Morgan fingerprint density at radius 3 is 1.11 bits per heavy atom. The van der Waals surface area contributed by atoms with Crippen LogP contribution < -0.4 is 50.2 Å². The molecular formula is C51H40N10NaO19S4+. The van der Waals surface area contributed by atoms with E-state index in [4.69, 9.17) is 0 Å². The first-order valence-electron chi connectivity index (χ1n) is 23.5. The van der Waals surface area contributed by atoms with E-state index in [1.165, 1.54) is 74.5 Å². The van der Waals surface area contributed by atoms with Crippen LogP contribution in [0.1, 0.15) is 56.8 Å². The number of hydrazone groups is 2. The second-order valence-electron chi connectivity index (χ2n) is 17.8. The second-order valence-corrected chi connectivity index (χ2v) is 23.3. The maximum Gasteiger partial charge on any atom is 1.00 e. The topological polar surface area (TPSA) is 448 Å². The molecule has 8 rings (SSSR count). The number of anilines is 4. The summed E-state index contributed by atoms with van der Waals surface area (Å²) in [5.74, 6) is -4.25. The minimum absolute atomic E-state index is 0. The summed E-state index contributed by atoms with van der Waals surface area (Å²) >= 11 is 0. The molecule has 34 heteroatoms. The molecule has 432 valence electrons. The number of carboxylic acids is 2. The number of aromatic carboxylic acids is 2. The number of rotatable bonds is 18. The van der Waals surface area contributed by atoms with E-state index in [0.29, 0.717) is 0 Å². The van der Waals surface area contributed by atoms with Crippen LogP contribution in [-0.4, -0.2) is 115 Å². The number of benzene rings is 6. The van der Waals surface area contributed by atoms with Gasteiger partial charge in [0.25, 0.3) is 52.3 Å². The predicted molar refractivity (Wildman–Crippen MR) is 300 cm³/mol. The number of amides is 4. The van der Waals surface area contributed by atoms with Gasteiger partial charge < -0.3 is 20.8 Å². The third-order valence-electron chi connectivity index (χ3n) is 12.0. The first-order chi connectivity index (χ1) is 39.4. The maximum atomic E-state index is 13.4. The third kappa shape index (κ3) is 14.7. The van der Waals surface area contributed by atoms with Crippen molar-refractivity contribution in [3.05, 3.63) is 155 Å². The molecule has 0 saturated heterocycles. The quantitative estimate of drug-likeness (QED) is 0.0248. The molecule has 0 spiro atoms. The number of carbonyl (C=O) groups excluding carboxylic acids is 3. The molecule has 0 bridgehead atoms. The van der Waals surface area contributed by atoms with E-state index in [1.807, 2.05) is 0 Å². The van der Waals surface area contributed by atoms with Crippen LogP contribution in [0.25, 0.3) is 24.3 Å². The van der Waals surface area contributed by atoms with Gasteiger partial charge in [0.15, 0.2) is 12.1 Å². The van der Waals surface area contributed by atoms with Gasteiger partial charge in [0.2, 0.25) is 0 Å². The number of nitrogens with zero attached hydrogens (tertiary/aromatic N) is 8. The molecule has 29 nitrogen and oxygen atoms in total. The molecule has 6 aromatic carbocycles. The van der Waals surface area contributed by atoms with Crippen LogP contribution in [0.3, 0.4) is 0 Å². The van der Waals surface area contributed by atoms with E-state index >= 15 is 0 Å². The zero-order chi connectivity index (χ0) is 61.2. The van der Waals surface area contributed by atoms with Gasteiger partial charge in [-0.3, -0.25) is 27.8 Å². The molecule has 2 unspecified atom stereocenters. The molecule has 0 aliphatic carbocycles. The van der Waals surface area contributed by atoms with Gasteiger partial charge in [-0.05, 0) is 109 Å². The van der Waals surface area contributed by atoms with E-state index in [-0.39, 0.29) is 108 Å². The van der Waals surface area contributed by atoms with Crippen molar-refractivity contribution in [3.63, 3.8) is 0 Å². The fourth-order valence-electron chi connectivity index (χ4n) is 8.10. The van der Waals surface area contributed by atoms with Gasteiger partial charge in [-0.25, -0.2) is 14.4 Å². The van der Waals surface area contributed by atoms with Crippen molar-refractivity contribution in [2.45, 2.75) is 45.5 Å². The van der Waals surface area contributed by atoms with Gasteiger partial charge in [-0.1, -0.05) is 72.8 Å². The second kappa shape index (κ2) is 25.1. The van der Waals surface area contributed by atoms with Gasteiger partial charge in [-0.15, -0.1) is 0 Å². The van der Waals surface area contributed by atoms with Crippen molar-refractivity contribution >= 4 is 140 Å². The smallest absolute Gasteiger partial charge is 0.478 e. The number of urea groups is 1. The van der Waals surface area contributed by atoms with E-state index in [2.05, 4.69) is 41.3 Å². The average molecular weight is 1250 g/mol. The number of azo groups is 2. The molecule has 2 aliphatic rings. The fourth-order valence-corrected chi connectivity index (χ4v) is 10.9. The molecule has 6 aromatic rings. The Morgan fingerprint density at radius 2 is 0.788 bits per heavy atom. The summed E-state index contributed by atoms with van der Waals surface area (Å²) < 4.78 is 142. The van der Waals surface area contributed by atoms with Gasteiger partial charge in [0.1, 0.15) is 19.6 Å². The number of carboxylic acid groups (broad SMARTS) is 2. The molecule has 0 radical (unpaired) electrons. The van der Waals surface area contributed by atoms with Crippen LogP contribution in [0, 0.1) is 0 Å². The summed E-state index contributed by atoms with van der Waals surface area (Å²) in [5.41, 5.74) is -2.35. The van der Waals surface area contributed by atoms with Gasteiger partial charge >= 0.3 is 47.5 Å². The van der Waals surface area contributed by atoms with Crippen molar-refractivity contribution in [3.8, 4) is 0 Å². The largest absolute Gasteiger partial charge is 1.00 e. The van der Waals surface area contributed by atoms with Crippen LogP contribution in [-0.2, 0) is 50.1 Å². The number of carbonyl (C=O) groups is 5. The van der Waals surface area contributed by atoms with Crippen molar-refractivity contribution in [1.82, 2.24) is 0 Å². The number of nitrogens with one attached hydrogen (secondary N) is 2. The first-order valence-corrected chi connectivity index (χ1v) is 29.3. The minimum atomic E-state index is -5.13. The Hall–Kier alpha value is -8.87. The summed E-state index contributed by atoms with van der Waals surface area (Å²) in [4.78, 5) is 60.0. The monoisotopic (exact) mass is 1250 g/mol. The van der Waals surface area contributed by atoms with E-state index in [0.717, 1.165) is 95.0 Å². The van der Waals surface area contributed by atoms with E-state index in [9.17, 15) is 86.1 Å². The molecule has 85 heavy (non-hydrogen) atoms. The zero-order valence-electron chi connectivity index (χ0n) is 43.7. The molecular weight excluding hydrogens is 1210 g/mol. The van der Waals surface area contributed by atoms with Crippen molar-refractivity contribution in [1.29, 1.82) is 0 Å². The third-order valence-corrected chi connectivity index (χ3v) is 15.7. The SMILES string of the molecule is CC1=NN(c2ccc(/C=C/c3ccc(NC(=O)Nc4ccc(/C=C/c5ccc(N6N=C(C)C(N=Nc7ccccc7C(=O)O)C6=O)cc5S(=O)(=O)O)c(S(=O)(=O)O)c4)cc3S(=O)(=O)O)c(S(=O)(=O)O)c2)C(=O)C1N=Nc1ccccc1C(=O)O.[Na+]. The molecule has 4 amide bonds. The summed E-state index contributed by atoms with van der Waals surface area (Å²) in [6, 6.07) is 19.9. The summed E-state index contributed by atoms with van der Waals surface area (Å²) in [6.07, 6.45) is 4.14. The zero-order valence-corrected chi connectivity index (χ0v) is 49.0. The molecule has 8 N–H and O–H groups in total. The summed E-state index contributed by atoms with van der Waals surface area (Å²) in [7, 11) is -20.4. The van der Waals surface area contributed by atoms with Crippen LogP contribution in [0.15, 0.2) is 172 Å². The Balaban J connectivity index is 0.0000104. The first kappa shape index (κ1) is 63.7. The van der Waals surface area contributed by atoms with Crippen molar-refractivity contribution in [2.75, 3.05) is 20.7 Å². The number of hydrogen-bond acceptors (Lipinski definition) is 19. The molecule has 2 heterocycles.